The van der Waals surface area contributed by atoms with Crippen LogP contribution in [0, 0.1) is 0 Å². The minimum atomic E-state index is 0.0248. The van der Waals surface area contributed by atoms with Crippen molar-refractivity contribution in [1.82, 2.24) is 15.1 Å². The number of carbonyl (C=O) groups is 1. The van der Waals surface area contributed by atoms with Crippen molar-refractivity contribution >= 4 is 11.7 Å². The lowest BCUT2D eigenvalue weighted by Gasteiger charge is -2.37. The van der Waals surface area contributed by atoms with Crippen LogP contribution in [0.25, 0.3) is 0 Å². The molecule has 1 unspecified atom stereocenters. The van der Waals surface area contributed by atoms with E-state index in [-0.39, 0.29) is 5.91 Å². The molecule has 0 aromatic rings. The van der Waals surface area contributed by atoms with Crippen molar-refractivity contribution in [1.29, 1.82) is 0 Å². The highest BCUT2D eigenvalue weighted by Crippen LogP contribution is 2.10. The van der Waals surface area contributed by atoms with Crippen LogP contribution in [0.5, 0.6) is 0 Å². The zero-order chi connectivity index (χ0) is 10.8. The van der Waals surface area contributed by atoms with Gasteiger partial charge in [0.2, 0.25) is 5.91 Å². The first-order chi connectivity index (χ1) is 7.15. The molecule has 84 valence electrons. The van der Waals surface area contributed by atoms with Gasteiger partial charge < -0.3 is 15.1 Å². The van der Waals surface area contributed by atoms with Crippen molar-refractivity contribution in [2.24, 2.45) is 4.99 Å². The van der Waals surface area contributed by atoms with Crippen molar-refractivity contribution in [3.05, 3.63) is 0 Å². The van der Waals surface area contributed by atoms with E-state index in [1.807, 2.05) is 0 Å². The van der Waals surface area contributed by atoms with Crippen molar-refractivity contribution in [3.63, 3.8) is 0 Å². The Kier molecular flexibility index (Phi) is 3.02. The molecule has 2 heterocycles. The summed E-state index contributed by atoms with van der Waals surface area (Å²) in [6, 6.07) is 0.473. The second kappa shape index (κ2) is 4.28. The third-order valence-electron chi connectivity index (χ3n) is 3.11. The molecule has 0 aliphatic carbocycles. The normalized spacial score (nSPS) is 29.1. The van der Waals surface area contributed by atoms with Crippen LogP contribution in [0.4, 0.5) is 0 Å². The van der Waals surface area contributed by atoms with Crippen molar-refractivity contribution < 1.29 is 4.79 Å². The summed E-state index contributed by atoms with van der Waals surface area (Å²) >= 11 is 0. The molecule has 1 saturated heterocycles. The van der Waals surface area contributed by atoms with E-state index in [2.05, 4.69) is 34.2 Å². The largest absolute Gasteiger partial charge is 0.313 e. The lowest BCUT2D eigenvalue weighted by atomic mass is 10.1. The van der Waals surface area contributed by atoms with Gasteiger partial charge in [-0.2, -0.15) is 0 Å². The van der Waals surface area contributed by atoms with E-state index in [0.29, 0.717) is 12.6 Å². The first-order valence-electron chi connectivity index (χ1n) is 5.37. The molecule has 1 atom stereocenters. The van der Waals surface area contributed by atoms with Gasteiger partial charge in [0.05, 0.1) is 0 Å². The summed E-state index contributed by atoms with van der Waals surface area (Å²) < 4.78 is 0. The van der Waals surface area contributed by atoms with Crippen LogP contribution >= 0.6 is 0 Å². The summed E-state index contributed by atoms with van der Waals surface area (Å²) in [7, 11) is 4.27. The van der Waals surface area contributed by atoms with Gasteiger partial charge in [-0.1, -0.05) is 0 Å². The molecule has 1 fully saturated rings. The fourth-order valence-corrected chi connectivity index (χ4v) is 2.07. The Labute approximate surface area is 90.1 Å². The molecule has 0 radical (unpaired) electrons. The fraction of sp³-hybridized carbons (Fsp3) is 0.800. The van der Waals surface area contributed by atoms with Gasteiger partial charge in [0.25, 0.3) is 0 Å². The number of hydrogen-bond acceptors (Lipinski definition) is 4. The molecule has 1 amide bonds. The van der Waals surface area contributed by atoms with E-state index < -0.39 is 0 Å². The van der Waals surface area contributed by atoms with Crippen LogP contribution in [0.2, 0.25) is 0 Å². The third kappa shape index (κ3) is 2.54. The Balaban J connectivity index is 1.90. The Morgan fingerprint density at radius 3 is 2.93 bits per heavy atom. The Hall–Kier alpha value is -0.940. The highest BCUT2D eigenvalue weighted by atomic mass is 16.2. The Morgan fingerprint density at radius 1 is 1.47 bits per heavy atom. The van der Waals surface area contributed by atoms with Crippen LogP contribution in [0.3, 0.4) is 0 Å². The third-order valence-corrected chi connectivity index (χ3v) is 3.11. The molecule has 2 aliphatic heterocycles. The SMILES string of the molecule is CN1CCN(C)C(CC2=NCC(=O)N2)C1. The summed E-state index contributed by atoms with van der Waals surface area (Å²) in [6.07, 6.45) is 0.854. The summed E-state index contributed by atoms with van der Waals surface area (Å²) in [5.74, 6) is 0.879. The van der Waals surface area contributed by atoms with Crippen LogP contribution < -0.4 is 5.32 Å². The number of aliphatic imine (C=N–C) groups is 1. The van der Waals surface area contributed by atoms with Crippen molar-refractivity contribution in [2.75, 3.05) is 40.3 Å². The second-order valence-corrected chi connectivity index (χ2v) is 4.41. The molecule has 0 aromatic heterocycles. The minimum Gasteiger partial charge on any atom is -0.313 e. The van der Waals surface area contributed by atoms with E-state index in [4.69, 9.17) is 0 Å². The Bertz CT molecular complexity index is 289. The summed E-state index contributed by atoms with van der Waals surface area (Å²) in [5.41, 5.74) is 0. The van der Waals surface area contributed by atoms with Gasteiger partial charge >= 0.3 is 0 Å². The minimum absolute atomic E-state index is 0.0248. The quantitative estimate of drug-likeness (QED) is 0.646. The number of likely N-dealkylation sites (N-methyl/N-ethyl adjacent to an activating group) is 2. The average Bonchev–Trinajstić information content (AvgIpc) is 2.58. The number of hydrogen-bond donors (Lipinski definition) is 1. The average molecular weight is 210 g/mol. The van der Waals surface area contributed by atoms with Crippen molar-refractivity contribution in [3.8, 4) is 0 Å². The second-order valence-electron chi connectivity index (χ2n) is 4.41. The van der Waals surface area contributed by atoms with Gasteiger partial charge in [0.15, 0.2) is 0 Å². The maximum atomic E-state index is 11.0. The lowest BCUT2D eigenvalue weighted by Crippen LogP contribution is -2.51. The first-order valence-corrected chi connectivity index (χ1v) is 5.37. The van der Waals surface area contributed by atoms with Crippen LogP contribution in [0.1, 0.15) is 6.42 Å². The highest BCUT2D eigenvalue weighted by molar-refractivity contribution is 6.04. The summed E-state index contributed by atoms with van der Waals surface area (Å²) in [4.78, 5) is 19.8. The van der Waals surface area contributed by atoms with Gasteiger partial charge in [-0.25, -0.2) is 0 Å². The smallest absolute Gasteiger partial charge is 0.246 e. The summed E-state index contributed by atoms with van der Waals surface area (Å²) in [5, 5.41) is 2.80. The van der Waals surface area contributed by atoms with Gasteiger partial charge in [-0.05, 0) is 14.1 Å². The zero-order valence-electron chi connectivity index (χ0n) is 9.36. The number of piperazine rings is 1. The maximum Gasteiger partial charge on any atom is 0.246 e. The molecule has 2 rings (SSSR count). The molecule has 0 aromatic carbocycles. The number of rotatable bonds is 2. The highest BCUT2D eigenvalue weighted by Gasteiger charge is 2.25. The van der Waals surface area contributed by atoms with Gasteiger partial charge in [0.1, 0.15) is 12.4 Å². The van der Waals surface area contributed by atoms with E-state index in [1.165, 1.54) is 0 Å². The predicted molar refractivity (Wildman–Crippen MR) is 59.0 cm³/mol. The Morgan fingerprint density at radius 2 is 2.27 bits per heavy atom. The van der Waals surface area contributed by atoms with E-state index in [1.54, 1.807) is 0 Å². The van der Waals surface area contributed by atoms with Gasteiger partial charge in [0, 0.05) is 32.1 Å². The lowest BCUT2D eigenvalue weighted by molar-refractivity contribution is -0.117. The van der Waals surface area contributed by atoms with Gasteiger partial charge in [-0.3, -0.25) is 9.79 Å². The van der Waals surface area contributed by atoms with Crippen molar-refractivity contribution in [2.45, 2.75) is 12.5 Å². The van der Waals surface area contributed by atoms with E-state index in [0.717, 1.165) is 31.9 Å². The van der Waals surface area contributed by atoms with Crippen LogP contribution in [0.15, 0.2) is 4.99 Å². The number of nitrogens with one attached hydrogen (secondary N) is 1. The molecule has 5 nitrogen and oxygen atoms in total. The van der Waals surface area contributed by atoms with E-state index in [9.17, 15) is 4.79 Å². The molecule has 2 aliphatic rings. The molecule has 0 spiro atoms. The number of amides is 1. The predicted octanol–water partition coefficient (Wildman–Crippen LogP) is -0.849. The number of nitrogens with zero attached hydrogens (tertiary/aromatic N) is 3. The first kappa shape index (κ1) is 10.6. The molecular weight excluding hydrogens is 192 g/mol. The van der Waals surface area contributed by atoms with Gasteiger partial charge in [-0.15, -0.1) is 0 Å². The summed E-state index contributed by atoms with van der Waals surface area (Å²) in [6.45, 7) is 3.56. The molecule has 15 heavy (non-hydrogen) atoms. The molecular formula is C10H18N4O. The molecule has 0 bridgehead atoms. The van der Waals surface area contributed by atoms with E-state index >= 15 is 0 Å². The molecule has 0 saturated carbocycles. The topological polar surface area (TPSA) is 47.9 Å². The number of carbonyl (C=O) groups excluding carboxylic acids is 1. The monoisotopic (exact) mass is 210 g/mol. The molecule has 5 heteroatoms. The number of amidine groups is 1. The zero-order valence-corrected chi connectivity index (χ0v) is 9.36. The fourth-order valence-electron chi connectivity index (χ4n) is 2.07. The standard InChI is InChI=1S/C10H18N4O/c1-13-3-4-14(2)8(7-13)5-9-11-6-10(15)12-9/h8H,3-7H2,1-2H3,(H,11,12,15). The van der Waals surface area contributed by atoms with Crippen LogP contribution in [-0.2, 0) is 4.79 Å². The maximum absolute atomic E-state index is 11.0. The van der Waals surface area contributed by atoms with Crippen LogP contribution in [-0.4, -0.2) is 67.9 Å². The molecule has 1 N–H and O–H groups in total.